The van der Waals surface area contributed by atoms with E-state index in [-0.39, 0.29) is 5.56 Å². The van der Waals surface area contributed by atoms with Crippen LogP contribution in [0.15, 0.2) is 28.4 Å². The van der Waals surface area contributed by atoms with Crippen molar-refractivity contribution < 1.29 is 0 Å². The molecule has 0 aromatic carbocycles. The largest absolute Gasteiger partial charge is 0.396 e. The van der Waals surface area contributed by atoms with Crippen LogP contribution in [0.2, 0.25) is 0 Å². The molecule has 0 spiro atoms. The van der Waals surface area contributed by atoms with Crippen molar-refractivity contribution in [2.24, 2.45) is 0 Å². The molecule has 0 aliphatic heterocycles. The van der Waals surface area contributed by atoms with E-state index in [1.54, 1.807) is 24.0 Å². The van der Waals surface area contributed by atoms with Gasteiger partial charge in [-0.25, -0.2) is 4.98 Å². The molecule has 0 unspecified atom stereocenters. The predicted molar refractivity (Wildman–Crippen MR) is 67.0 cm³/mol. The van der Waals surface area contributed by atoms with Crippen LogP contribution in [0.1, 0.15) is 5.69 Å². The Kier molecular flexibility index (Phi) is 3.48. The first-order valence-electron chi connectivity index (χ1n) is 5.12. The quantitative estimate of drug-likeness (QED) is 0.615. The zero-order valence-corrected chi connectivity index (χ0v) is 10.2. The third-order valence-electron chi connectivity index (χ3n) is 2.06. The second-order valence-corrected chi connectivity index (χ2v) is 4.66. The van der Waals surface area contributed by atoms with Gasteiger partial charge in [-0.15, -0.1) is 0 Å². The Hall–Kier alpha value is -1.76. The molecule has 0 aliphatic carbocycles. The summed E-state index contributed by atoms with van der Waals surface area (Å²) in [5, 5.41) is 4.70. The smallest absolute Gasteiger partial charge is 0.251 e. The lowest BCUT2D eigenvalue weighted by atomic mass is 10.5. The normalized spacial score (nSPS) is 10.6. The van der Waals surface area contributed by atoms with Gasteiger partial charge in [0, 0.05) is 23.7 Å². The van der Waals surface area contributed by atoms with Gasteiger partial charge in [0.15, 0.2) is 5.16 Å². The summed E-state index contributed by atoms with van der Waals surface area (Å²) < 4.78 is 1.76. The van der Waals surface area contributed by atoms with E-state index in [0.717, 1.165) is 18.0 Å². The summed E-state index contributed by atoms with van der Waals surface area (Å²) in [5.41, 5.74) is 6.80. The Balaban J connectivity index is 1.92. The predicted octanol–water partition coefficient (Wildman–Crippen LogP) is 0.649. The lowest BCUT2D eigenvalue weighted by molar-refractivity contribution is 0.666. The van der Waals surface area contributed by atoms with Crippen LogP contribution >= 0.6 is 11.8 Å². The van der Waals surface area contributed by atoms with Crippen molar-refractivity contribution >= 4 is 17.4 Å². The number of thioether (sulfide) groups is 1. The van der Waals surface area contributed by atoms with Crippen LogP contribution in [-0.2, 0) is 6.54 Å². The number of aromatic nitrogens is 4. The van der Waals surface area contributed by atoms with Crippen molar-refractivity contribution in [1.29, 1.82) is 0 Å². The first-order chi connectivity index (χ1) is 8.13. The molecule has 3 N–H and O–H groups in total. The molecule has 2 rings (SSSR count). The summed E-state index contributed by atoms with van der Waals surface area (Å²) in [5.74, 6) is 0.771. The molecule has 2 aromatic rings. The molecule has 0 saturated heterocycles. The molecular weight excluding hydrogens is 238 g/mol. The van der Waals surface area contributed by atoms with Gasteiger partial charge < -0.3 is 10.7 Å². The fourth-order valence-electron chi connectivity index (χ4n) is 1.36. The molecule has 2 heterocycles. The van der Waals surface area contributed by atoms with E-state index < -0.39 is 0 Å². The van der Waals surface area contributed by atoms with Crippen LogP contribution in [0.3, 0.4) is 0 Å². The van der Waals surface area contributed by atoms with Crippen molar-refractivity contribution in [3.05, 3.63) is 34.5 Å². The van der Waals surface area contributed by atoms with Crippen molar-refractivity contribution in [2.45, 2.75) is 18.6 Å². The minimum Gasteiger partial charge on any atom is -0.396 e. The van der Waals surface area contributed by atoms with Crippen molar-refractivity contribution in [2.75, 3.05) is 11.5 Å². The molecule has 7 heteroatoms. The minimum atomic E-state index is -0.122. The zero-order valence-electron chi connectivity index (χ0n) is 9.38. The fourth-order valence-corrected chi connectivity index (χ4v) is 2.21. The highest BCUT2D eigenvalue weighted by atomic mass is 32.2. The molecule has 2 aromatic heterocycles. The van der Waals surface area contributed by atoms with E-state index in [2.05, 4.69) is 15.1 Å². The summed E-state index contributed by atoms with van der Waals surface area (Å²) in [4.78, 5) is 18.1. The standard InChI is InChI=1S/C10H13N5OS/c1-7-4-9(16)14-10(13-7)17-3-2-15-6-8(11)5-12-15/h4-6H,2-3,11H2,1H3,(H,13,14,16). The molecule has 0 saturated carbocycles. The van der Waals surface area contributed by atoms with Crippen LogP contribution in [0.4, 0.5) is 5.69 Å². The maximum atomic E-state index is 11.2. The van der Waals surface area contributed by atoms with Gasteiger partial charge in [0.05, 0.1) is 18.4 Å². The zero-order chi connectivity index (χ0) is 12.3. The van der Waals surface area contributed by atoms with E-state index >= 15 is 0 Å². The number of hydrogen-bond donors (Lipinski definition) is 2. The number of aryl methyl sites for hydroxylation is 2. The van der Waals surface area contributed by atoms with Gasteiger partial charge in [-0.3, -0.25) is 9.48 Å². The van der Waals surface area contributed by atoms with Crippen LogP contribution < -0.4 is 11.3 Å². The van der Waals surface area contributed by atoms with E-state index in [1.165, 1.54) is 17.8 Å². The molecule has 0 fully saturated rings. The summed E-state index contributed by atoms with van der Waals surface area (Å²) >= 11 is 1.48. The Morgan fingerprint density at radius 3 is 3.06 bits per heavy atom. The lowest BCUT2D eigenvalue weighted by Crippen LogP contribution is -2.09. The SMILES string of the molecule is Cc1cc(=O)[nH]c(SCCn2cc(N)cn2)n1. The number of rotatable bonds is 4. The summed E-state index contributed by atoms with van der Waals surface area (Å²) in [6.45, 7) is 2.52. The van der Waals surface area contributed by atoms with Gasteiger partial charge in [-0.1, -0.05) is 11.8 Å². The first kappa shape index (κ1) is 11.7. The third kappa shape index (κ3) is 3.35. The Labute approximate surface area is 102 Å². The minimum absolute atomic E-state index is 0.122. The van der Waals surface area contributed by atoms with Crippen molar-refractivity contribution in [3.8, 4) is 0 Å². The lowest BCUT2D eigenvalue weighted by Gasteiger charge is -2.02. The monoisotopic (exact) mass is 251 g/mol. The van der Waals surface area contributed by atoms with E-state index in [4.69, 9.17) is 5.73 Å². The fraction of sp³-hybridized carbons (Fsp3) is 0.300. The highest BCUT2D eigenvalue weighted by Gasteiger charge is 2.00. The van der Waals surface area contributed by atoms with Crippen LogP contribution in [0.25, 0.3) is 0 Å². The van der Waals surface area contributed by atoms with Crippen molar-refractivity contribution in [3.63, 3.8) is 0 Å². The van der Waals surface area contributed by atoms with Gasteiger partial charge >= 0.3 is 0 Å². The van der Waals surface area contributed by atoms with Gasteiger partial charge in [-0.05, 0) is 6.92 Å². The molecular formula is C10H13N5OS. The molecule has 0 bridgehead atoms. The van der Waals surface area contributed by atoms with E-state index in [9.17, 15) is 4.79 Å². The van der Waals surface area contributed by atoms with Crippen LogP contribution in [0, 0.1) is 6.92 Å². The molecule has 0 atom stereocenters. The maximum absolute atomic E-state index is 11.2. The van der Waals surface area contributed by atoms with Crippen LogP contribution in [-0.4, -0.2) is 25.5 Å². The van der Waals surface area contributed by atoms with Gasteiger partial charge in [-0.2, -0.15) is 5.10 Å². The third-order valence-corrected chi connectivity index (χ3v) is 2.91. The molecule has 0 aliphatic rings. The van der Waals surface area contributed by atoms with Gasteiger partial charge in [0.1, 0.15) is 0 Å². The number of nitrogens with one attached hydrogen (secondary N) is 1. The number of anilines is 1. The molecule has 17 heavy (non-hydrogen) atoms. The highest BCUT2D eigenvalue weighted by Crippen LogP contribution is 2.11. The summed E-state index contributed by atoms with van der Waals surface area (Å²) in [6.07, 6.45) is 3.38. The Morgan fingerprint density at radius 2 is 2.41 bits per heavy atom. The second kappa shape index (κ2) is 5.05. The van der Waals surface area contributed by atoms with Crippen molar-refractivity contribution in [1.82, 2.24) is 19.7 Å². The van der Waals surface area contributed by atoms with E-state index in [0.29, 0.717) is 10.8 Å². The van der Waals surface area contributed by atoms with E-state index in [1.807, 2.05) is 0 Å². The second-order valence-electron chi connectivity index (χ2n) is 3.58. The topological polar surface area (TPSA) is 89.6 Å². The Bertz CT molecular complexity index is 562. The Morgan fingerprint density at radius 1 is 1.59 bits per heavy atom. The molecule has 6 nitrogen and oxygen atoms in total. The van der Waals surface area contributed by atoms with Gasteiger partial charge in [0.25, 0.3) is 5.56 Å². The maximum Gasteiger partial charge on any atom is 0.251 e. The average Bonchev–Trinajstić information content (AvgIpc) is 2.63. The number of nitrogens with zero attached hydrogens (tertiary/aromatic N) is 3. The highest BCUT2D eigenvalue weighted by molar-refractivity contribution is 7.99. The summed E-state index contributed by atoms with van der Waals surface area (Å²) in [7, 11) is 0. The molecule has 0 amide bonds. The number of nitrogens with two attached hydrogens (primary N) is 1. The van der Waals surface area contributed by atoms with Crippen LogP contribution in [0.5, 0.6) is 0 Å². The number of nitrogen functional groups attached to an aromatic ring is 1. The molecule has 0 radical (unpaired) electrons. The number of aromatic amines is 1. The van der Waals surface area contributed by atoms with Gasteiger partial charge in [0.2, 0.25) is 0 Å². The summed E-state index contributed by atoms with van der Waals surface area (Å²) in [6, 6.07) is 1.47. The molecule has 90 valence electrons. The first-order valence-corrected chi connectivity index (χ1v) is 6.11. The average molecular weight is 251 g/mol. The number of hydrogen-bond acceptors (Lipinski definition) is 5. The number of H-pyrrole nitrogens is 1.